The van der Waals surface area contributed by atoms with Crippen LogP contribution in [-0.4, -0.2) is 17.1 Å². The van der Waals surface area contributed by atoms with Gasteiger partial charge in [0.1, 0.15) is 11.6 Å². The summed E-state index contributed by atoms with van der Waals surface area (Å²) in [4.78, 5) is 9.52. The second-order valence-corrected chi connectivity index (χ2v) is 8.35. The van der Waals surface area contributed by atoms with Crippen LogP contribution >= 0.6 is 12.4 Å². The number of hydrogen-bond donors (Lipinski definition) is 2. The minimum atomic E-state index is 0. The van der Waals surface area contributed by atoms with Crippen molar-refractivity contribution >= 4 is 46.5 Å². The zero-order valence-corrected chi connectivity index (χ0v) is 19.6. The molecule has 1 fully saturated rings. The second kappa shape index (κ2) is 10.5. The Hall–Kier alpha value is -3.31. The van der Waals surface area contributed by atoms with Crippen LogP contribution in [0.5, 0.6) is 5.75 Å². The lowest BCUT2D eigenvalue weighted by Crippen LogP contribution is -2.05. The molecule has 1 saturated carbocycles. The van der Waals surface area contributed by atoms with Gasteiger partial charge in [-0.2, -0.15) is 4.98 Å². The highest BCUT2D eigenvalue weighted by Gasteiger charge is 2.15. The van der Waals surface area contributed by atoms with E-state index in [-0.39, 0.29) is 12.4 Å². The molecule has 0 aliphatic heterocycles. The molecule has 1 aliphatic carbocycles. The Balaban J connectivity index is 0.00000259. The van der Waals surface area contributed by atoms with E-state index in [4.69, 9.17) is 14.7 Å². The SMILES string of the molecule is COc1cccc(Nc2nc(Nc3ccc(C4CCCCC4)cc3)nc3ccccc23)c1.Cl. The van der Waals surface area contributed by atoms with Crippen LogP contribution in [0, 0.1) is 0 Å². The molecule has 0 saturated heterocycles. The van der Waals surface area contributed by atoms with Crippen molar-refractivity contribution in [2.24, 2.45) is 0 Å². The summed E-state index contributed by atoms with van der Waals surface area (Å²) in [7, 11) is 1.67. The molecule has 0 spiro atoms. The van der Waals surface area contributed by atoms with Crippen molar-refractivity contribution in [3.8, 4) is 5.75 Å². The highest BCUT2D eigenvalue weighted by Crippen LogP contribution is 2.33. The van der Waals surface area contributed by atoms with Gasteiger partial charge >= 0.3 is 0 Å². The van der Waals surface area contributed by atoms with Gasteiger partial charge in [-0.25, -0.2) is 4.98 Å². The highest BCUT2D eigenvalue weighted by molar-refractivity contribution is 5.92. The number of ether oxygens (including phenoxy) is 1. The quantitative estimate of drug-likeness (QED) is 0.310. The topological polar surface area (TPSA) is 59.1 Å². The molecule has 0 amide bonds. The molecule has 1 heterocycles. The van der Waals surface area contributed by atoms with Crippen LogP contribution in [0.15, 0.2) is 72.8 Å². The average molecular weight is 461 g/mol. The largest absolute Gasteiger partial charge is 0.497 e. The molecule has 0 unspecified atom stereocenters. The average Bonchev–Trinajstić information content (AvgIpc) is 2.85. The standard InChI is InChI=1S/C27H28N4O.ClH/c1-32-23-11-7-10-22(18-23)28-26-24-12-5-6-13-25(24)30-27(31-26)29-21-16-14-20(15-17-21)19-8-3-2-4-9-19;/h5-7,10-19H,2-4,8-9H2,1H3,(H2,28,29,30,31);1H. The van der Waals surface area contributed by atoms with Crippen LogP contribution in [0.4, 0.5) is 23.1 Å². The maximum Gasteiger partial charge on any atom is 0.229 e. The van der Waals surface area contributed by atoms with Gasteiger partial charge in [0.05, 0.1) is 12.6 Å². The van der Waals surface area contributed by atoms with Gasteiger partial charge in [-0.15, -0.1) is 12.4 Å². The summed E-state index contributed by atoms with van der Waals surface area (Å²) < 4.78 is 5.35. The molecule has 0 atom stereocenters. The van der Waals surface area contributed by atoms with E-state index in [9.17, 15) is 0 Å². The molecule has 1 aromatic heterocycles. The molecular formula is C27H29ClN4O. The van der Waals surface area contributed by atoms with Gasteiger partial charge in [-0.05, 0) is 60.7 Å². The van der Waals surface area contributed by atoms with Crippen molar-refractivity contribution in [3.05, 3.63) is 78.4 Å². The predicted molar refractivity (Wildman–Crippen MR) is 139 cm³/mol. The number of fused-ring (bicyclic) bond motifs is 1. The van der Waals surface area contributed by atoms with Crippen LogP contribution in [0.25, 0.3) is 10.9 Å². The van der Waals surface area contributed by atoms with Gasteiger partial charge in [0.25, 0.3) is 0 Å². The molecule has 3 aromatic carbocycles. The van der Waals surface area contributed by atoms with Gasteiger partial charge in [0, 0.05) is 22.8 Å². The van der Waals surface area contributed by atoms with E-state index in [2.05, 4.69) is 34.9 Å². The van der Waals surface area contributed by atoms with Crippen LogP contribution in [-0.2, 0) is 0 Å². The number of rotatable bonds is 6. The predicted octanol–water partition coefficient (Wildman–Crippen LogP) is 7.60. The molecule has 5 rings (SSSR count). The summed E-state index contributed by atoms with van der Waals surface area (Å²) in [6, 6.07) is 24.6. The first kappa shape index (κ1) is 22.9. The highest BCUT2D eigenvalue weighted by atomic mass is 35.5. The molecule has 1 aliphatic rings. The lowest BCUT2D eigenvalue weighted by atomic mass is 9.84. The van der Waals surface area contributed by atoms with E-state index in [0.29, 0.717) is 11.9 Å². The number of hydrogen-bond acceptors (Lipinski definition) is 5. The van der Waals surface area contributed by atoms with Gasteiger partial charge in [0.2, 0.25) is 5.95 Å². The van der Waals surface area contributed by atoms with Crippen molar-refractivity contribution in [2.75, 3.05) is 17.7 Å². The molecule has 5 nitrogen and oxygen atoms in total. The second-order valence-electron chi connectivity index (χ2n) is 8.35. The molecular weight excluding hydrogens is 432 g/mol. The fourth-order valence-electron chi connectivity index (χ4n) is 4.47. The first-order valence-corrected chi connectivity index (χ1v) is 11.3. The van der Waals surface area contributed by atoms with E-state index in [1.807, 2.05) is 48.5 Å². The first-order valence-electron chi connectivity index (χ1n) is 11.3. The summed E-state index contributed by atoms with van der Waals surface area (Å²) in [6.45, 7) is 0. The Bertz CT molecular complexity index is 1210. The summed E-state index contributed by atoms with van der Waals surface area (Å²) in [5.41, 5.74) is 4.23. The third-order valence-corrected chi connectivity index (χ3v) is 6.18. The van der Waals surface area contributed by atoms with E-state index < -0.39 is 0 Å². The Kier molecular flexibility index (Phi) is 7.30. The summed E-state index contributed by atoms with van der Waals surface area (Å²) in [6.07, 6.45) is 6.68. The summed E-state index contributed by atoms with van der Waals surface area (Å²) >= 11 is 0. The van der Waals surface area contributed by atoms with Gasteiger partial charge in [-0.3, -0.25) is 0 Å². The molecule has 33 heavy (non-hydrogen) atoms. The monoisotopic (exact) mass is 460 g/mol. The maximum atomic E-state index is 5.35. The molecule has 0 radical (unpaired) electrons. The Morgan fingerprint density at radius 3 is 2.36 bits per heavy atom. The normalized spacial score (nSPS) is 13.8. The Morgan fingerprint density at radius 2 is 1.58 bits per heavy atom. The minimum Gasteiger partial charge on any atom is -0.497 e. The number of aromatic nitrogens is 2. The number of nitrogens with one attached hydrogen (secondary N) is 2. The number of benzene rings is 3. The first-order chi connectivity index (χ1) is 15.8. The molecule has 2 N–H and O–H groups in total. The number of methoxy groups -OCH3 is 1. The summed E-state index contributed by atoms with van der Waals surface area (Å²) in [5, 5.41) is 7.78. The lowest BCUT2D eigenvalue weighted by Gasteiger charge is -2.22. The van der Waals surface area contributed by atoms with Crippen LogP contribution in [0.1, 0.15) is 43.6 Å². The number of para-hydroxylation sites is 1. The third-order valence-electron chi connectivity index (χ3n) is 6.18. The van der Waals surface area contributed by atoms with Crippen molar-refractivity contribution in [3.63, 3.8) is 0 Å². The van der Waals surface area contributed by atoms with Crippen LogP contribution < -0.4 is 15.4 Å². The van der Waals surface area contributed by atoms with Crippen molar-refractivity contribution in [1.82, 2.24) is 9.97 Å². The van der Waals surface area contributed by atoms with Crippen molar-refractivity contribution in [1.29, 1.82) is 0 Å². The van der Waals surface area contributed by atoms with Gasteiger partial charge in [0.15, 0.2) is 0 Å². The Morgan fingerprint density at radius 1 is 0.788 bits per heavy atom. The zero-order valence-electron chi connectivity index (χ0n) is 18.8. The van der Waals surface area contributed by atoms with Crippen molar-refractivity contribution < 1.29 is 4.74 Å². The molecule has 6 heteroatoms. The Labute approximate surface area is 201 Å². The fraction of sp³-hybridized carbons (Fsp3) is 0.259. The van der Waals surface area contributed by atoms with Crippen molar-refractivity contribution in [2.45, 2.75) is 38.0 Å². The number of nitrogens with zero attached hydrogens (tertiary/aromatic N) is 2. The molecule has 170 valence electrons. The van der Waals surface area contributed by atoms with E-state index in [0.717, 1.165) is 33.8 Å². The minimum absolute atomic E-state index is 0. The number of halogens is 1. The van der Waals surface area contributed by atoms with Crippen LogP contribution in [0.3, 0.4) is 0 Å². The van der Waals surface area contributed by atoms with Gasteiger partial charge < -0.3 is 15.4 Å². The van der Waals surface area contributed by atoms with E-state index in [1.54, 1.807) is 7.11 Å². The maximum absolute atomic E-state index is 5.35. The zero-order chi connectivity index (χ0) is 21.8. The molecule has 4 aromatic rings. The van der Waals surface area contributed by atoms with Gasteiger partial charge in [-0.1, -0.05) is 49.6 Å². The third kappa shape index (κ3) is 5.37. The van der Waals surface area contributed by atoms with Crippen LogP contribution in [0.2, 0.25) is 0 Å². The molecule has 0 bridgehead atoms. The van der Waals surface area contributed by atoms with E-state index in [1.165, 1.54) is 37.7 Å². The smallest absolute Gasteiger partial charge is 0.229 e. The summed E-state index contributed by atoms with van der Waals surface area (Å²) in [5.74, 6) is 2.82. The lowest BCUT2D eigenvalue weighted by molar-refractivity contribution is 0.415. The fourth-order valence-corrected chi connectivity index (χ4v) is 4.47. The number of anilines is 4. The van der Waals surface area contributed by atoms with E-state index >= 15 is 0 Å².